The van der Waals surface area contributed by atoms with E-state index in [0.717, 1.165) is 0 Å². The second kappa shape index (κ2) is 10.3. The molecule has 0 aliphatic heterocycles. The van der Waals surface area contributed by atoms with Crippen molar-refractivity contribution in [3.05, 3.63) is 39.9 Å². The van der Waals surface area contributed by atoms with E-state index in [1.54, 1.807) is 38.1 Å². The molecule has 0 aliphatic rings. The van der Waals surface area contributed by atoms with Crippen molar-refractivity contribution in [2.24, 2.45) is 5.92 Å². The third-order valence-electron chi connectivity index (χ3n) is 3.66. The fourth-order valence-corrected chi connectivity index (χ4v) is 2.52. The molecule has 138 valence electrons. The van der Waals surface area contributed by atoms with Gasteiger partial charge in [-0.15, -0.1) is 0 Å². The Hall–Kier alpha value is -2.64. The van der Waals surface area contributed by atoms with Crippen molar-refractivity contribution in [1.82, 2.24) is 0 Å². The number of carbonyl (C=O) groups is 2. The predicted octanol–water partition coefficient (Wildman–Crippen LogP) is 2.19. The van der Waals surface area contributed by atoms with Gasteiger partial charge < -0.3 is 14.2 Å². The summed E-state index contributed by atoms with van der Waals surface area (Å²) >= 11 is 0. The maximum absolute atomic E-state index is 12.3. The topological polar surface area (TPSA) is 105 Å². The Morgan fingerprint density at radius 2 is 1.72 bits per heavy atom. The minimum Gasteiger partial charge on any atom is -0.497 e. The van der Waals surface area contributed by atoms with Crippen LogP contribution in [0.25, 0.3) is 0 Å². The van der Waals surface area contributed by atoms with Gasteiger partial charge in [-0.2, -0.15) is 0 Å². The highest BCUT2D eigenvalue weighted by molar-refractivity contribution is 5.81. The molecule has 8 nitrogen and oxygen atoms in total. The van der Waals surface area contributed by atoms with Crippen LogP contribution in [-0.4, -0.2) is 43.7 Å². The predicted molar refractivity (Wildman–Crippen MR) is 89.0 cm³/mol. The summed E-state index contributed by atoms with van der Waals surface area (Å²) in [6.45, 7) is 3.06. The van der Waals surface area contributed by atoms with E-state index in [9.17, 15) is 19.7 Å². The van der Waals surface area contributed by atoms with Gasteiger partial charge in [0.2, 0.25) is 6.54 Å². The monoisotopic (exact) mass is 353 g/mol. The molecule has 25 heavy (non-hydrogen) atoms. The smallest absolute Gasteiger partial charge is 0.310 e. The van der Waals surface area contributed by atoms with Crippen LogP contribution < -0.4 is 4.74 Å². The van der Waals surface area contributed by atoms with Crippen LogP contribution in [0.5, 0.6) is 5.75 Å². The van der Waals surface area contributed by atoms with E-state index in [2.05, 4.69) is 0 Å². The number of carbonyl (C=O) groups excluding carboxylic acids is 2. The van der Waals surface area contributed by atoms with Crippen molar-refractivity contribution >= 4 is 11.9 Å². The Bertz CT molecular complexity index is 585. The van der Waals surface area contributed by atoms with Gasteiger partial charge in [0.15, 0.2) is 0 Å². The largest absolute Gasteiger partial charge is 0.497 e. The fraction of sp³-hybridized carbons (Fsp3) is 0.529. The molecule has 0 bridgehead atoms. The Labute approximate surface area is 146 Å². The molecule has 1 rings (SSSR count). The van der Waals surface area contributed by atoms with E-state index < -0.39 is 35.2 Å². The van der Waals surface area contributed by atoms with Gasteiger partial charge in [-0.05, 0) is 31.5 Å². The SMILES string of the molecule is CCOC(=O)CC(C(=O)OCC)[C@H](C[N+](=O)[O-])c1ccc(OC)cc1. The number of hydrogen-bond acceptors (Lipinski definition) is 7. The van der Waals surface area contributed by atoms with Gasteiger partial charge in [0.1, 0.15) is 5.75 Å². The minimum atomic E-state index is -1.00. The van der Waals surface area contributed by atoms with Crippen LogP contribution in [0.1, 0.15) is 31.7 Å². The molecule has 0 radical (unpaired) electrons. The first kappa shape index (κ1) is 20.4. The van der Waals surface area contributed by atoms with Crippen LogP contribution in [0.2, 0.25) is 0 Å². The highest BCUT2D eigenvalue weighted by atomic mass is 16.6. The lowest BCUT2D eigenvalue weighted by molar-refractivity contribution is -0.484. The number of hydrogen-bond donors (Lipinski definition) is 0. The van der Waals surface area contributed by atoms with Crippen LogP contribution in [0.4, 0.5) is 0 Å². The van der Waals surface area contributed by atoms with Crippen molar-refractivity contribution in [2.75, 3.05) is 26.9 Å². The van der Waals surface area contributed by atoms with Crippen LogP contribution in [0, 0.1) is 16.0 Å². The summed E-state index contributed by atoms with van der Waals surface area (Å²) in [4.78, 5) is 34.8. The maximum atomic E-state index is 12.3. The van der Waals surface area contributed by atoms with Gasteiger partial charge in [0.05, 0.1) is 38.6 Å². The molecule has 1 aromatic rings. The Kier molecular flexibility index (Phi) is 8.38. The van der Waals surface area contributed by atoms with Crippen LogP contribution in [0.15, 0.2) is 24.3 Å². The van der Waals surface area contributed by atoms with E-state index in [4.69, 9.17) is 14.2 Å². The number of benzene rings is 1. The van der Waals surface area contributed by atoms with E-state index >= 15 is 0 Å². The Morgan fingerprint density at radius 1 is 1.12 bits per heavy atom. The quantitative estimate of drug-likeness (QED) is 0.361. The van der Waals surface area contributed by atoms with Crippen molar-refractivity contribution in [3.63, 3.8) is 0 Å². The minimum absolute atomic E-state index is 0.117. The Balaban J connectivity index is 3.18. The number of nitro groups is 1. The number of methoxy groups -OCH3 is 1. The van der Waals surface area contributed by atoms with Crippen molar-refractivity contribution < 1.29 is 28.7 Å². The zero-order chi connectivity index (χ0) is 18.8. The molecule has 1 unspecified atom stereocenters. The van der Waals surface area contributed by atoms with Crippen LogP contribution in [-0.2, 0) is 19.1 Å². The number of esters is 2. The fourth-order valence-electron chi connectivity index (χ4n) is 2.52. The molecule has 8 heteroatoms. The van der Waals surface area contributed by atoms with Crippen LogP contribution >= 0.6 is 0 Å². The van der Waals surface area contributed by atoms with E-state index in [1.807, 2.05) is 0 Å². The normalized spacial score (nSPS) is 12.8. The highest BCUT2D eigenvalue weighted by Gasteiger charge is 2.36. The van der Waals surface area contributed by atoms with Gasteiger partial charge in [0, 0.05) is 4.92 Å². The van der Waals surface area contributed by atoms with Gasteiger partial charge in [0.25, 0.3) is 0 Å². The average Bonchev–Trinajstić information content (AvgIpc) is 2.58. The van der Waals surface area contributed by atoms with Crippen molar-refractivity contribution in [2.45, 2.75) is 26.2 Å². The van der Waals surface area contributed by atoms with Gasteiger partial charge in [-0.3, -0.25) is 19.7 Å². The summed E-state index contributed by atoms with van der Waals surface area (Å²) in [5.41, 5.74) is 0.555. The summed E-state index contributed by atoms with van der Waals surface area (Å²) in [6.07, 6.45) is -0.281. The zero-order valence-electron chi connectivity index (χ0n) is 14.6. The first-order valence-corrected chi connectivity index (χ1v) is 8.00. The number of rotatable bonds is 10. The van der Waals surface area contributed by atoms with Gasteiger partial charge in [-0.1, -0.05) is 12.1 Å². The summed E-state index contributed by atoms with van der Waals surface area (Å²) in [6, 6.07) is 6.58. The van der Waals surface area contributed by atoms with E-state index in [-0.39, 0.29) is 19.6 Å². The molecule has 0 N–H and O–H groups in total. The molecule has 0 saturated heterocycles. The average molecular weight is 353 g/mol. The van der Waals surface area contributed by atoms with Gasteiger partial charge >= 0.3 is 11.9 Å². The summed E-state index contributed by atoms with van der Waals surface area (Å²) in [5.74, 6) is -2.48. The molecule has 0 heterocycles. The molecule has 0 aliphatic carbocycles. The zero-order valence-corrected chi connectivity index (χ0v) is 14.6. The lowest BCUT2D eigenvalue weighted by atomic mass is 9.83. The number of ether oxygens (including phenoxy) is 3. The third-order valence-corrected chi connectivity index (χ3v) is 3.66. The van der Waals surface area contributed by atoms with Crippen molar-refractivity contribution in [3.8, 4) is 5.75 Å². The molecule has 0 amide bonds. The summed E-state index contributed by atoms with van der Waals surface area (Å²) in [7, 11) is 1.51. The van der Waals surface area contributed by atoms with Crippen molar-refractivity contribution in [1.29, 1.82) is 0 Å². The molecule has 1 aromatic carbocycles. The molecule has 0 spiro atoms. The third kappa shape index (κ3) is 6.40. The second-order valence-electron chi connectivity index (χ2n) is 5.26. The first-order valence-electron chi connectivity index (χ1n) is 8.00. The van der Waals surface area contributed by atoms with Crippen LogP contribution in [0.3, 0.4) is 0 Å². The van der Waals surface area contributed by atoms with E-state index in [1.165, 1.54) is 7.11 Å². The Morgan fingerprint density at radius 3 is 2.20 bits per heavy atom. The molecule has 0 fully saturated rings. The molecular weight excluding hydrogens is 330 g/mol. The maximum Gasteiger partial charge on any atom is 0.310 e. The lowest BCUT2D eigenvalue weighted by Crippen LogP contribution is -2.31. The van der Waals surface area contributed by atoms with E-state index in [0.29, 0.717) is 11.3 Å². The highest BCUT2D eigenvalue weighted by Crippen LogP contribution is 2.30. The molecule has 2 atom stereocenters. The standard InChI is InChI=1S/C17H23NO7/c1-4-24-16(19)10-14(17(20)25-5-2)15(11-18(21)22)12-6-8-13(23-3)9-7-12/h6-9,14-15H,4-5,10-11H2,1-3H3/t14?,15-/m1/s1. The molecular formula is C17H23NO7. The molecule has 0 saturated carbocycles. The summed E-state index contributed by atoms with van der Waals surface area (Å²) < 4.78 is 15.0. The van der Waals surface area contributed by atoms with Gasteiger partial charge in [-0.25, -0.2) is 0 Å². The second-order valence-corrected chi connectivity index (χ2v) is 5.26. The number of nitrogens with zero attached hydrogens (tertiary/aromatic N) is 1. The summed E-state index contributed by atoms with van der Waals surface area (Å²) in [5, 5.41) is 11.1. The lowest BCUT2D eigenvalue weighted by Gasteiger charge is -2.22. The molecule has 0 aromatic heterocycles. The first-order chi connectivity index (χ1) is 11.9.